The van der Waals surface area contributed by atoms with Crippen LogP contribution in [0.5, 0.6) is 0 Å². The van der Waals surface area contributed by atoms with Crippen molar-refractivity contribution in [1.82, 2.24) is 15.2 Å². The van der Waals surface area contributed by atoms with Crippen LogP contribution in [0.2, 0.25) is 0 Å². The first-order valence-corrected chi connectivity index (χ1v) is 9.14. The first-order valence-electron chi connectivity index (χ1n) is 9.14. The maximum Gasteiger partial charge on any atom is 0.326 e. The zero-order chi connectivity index (χ0) is 19.0. The predicted octanol–water partition coefficient (Wildman–Crippen LogP) is 2.37. The number of para-hydroxylation sites is 2. The van der Waals surface area contributed by atoms with Crippen LogP contribution in [0.1, 0.15) is 38.5 Å². The SMILES string of the molecule is C[C@@H]1CCCC[C@]12NC(=O)N(CC(=O)OCc1nc3ccccc3o1)C2=O. The minimum Gasteiger partial charge on any atom is -0.454 e. The number of carbonyl (C=O) groups excluding carboxylic acids is 3. The van der Waals surface area contributed by atoms with Crippen LogP contribution in [0.4, 0.5) is 4.79 Å². The molecule has 2 heterocycles. The van der Waals surface area contributed by atoms with Gasteiger partial charge in [0, 0.05) is 0 Å². The summed E-state index contributed by atoms with van der Waals surface area (Å²) in [6, 6.07) is 6.68. The van der Waals surface area contributed by atoms with Gasteiger partial charge >= 0.3 is 12.0 Å². The molecule has 1 N–H and O–H groups in total. The van der Waals surface area contributed by atoms with E-state index in [9.17, 15) is 14.4 Å². The number of hydrogen-bond donors (Lipinski definition) is 1. The van der Waals surface area contributed by atoms with Crippen molar-refractivity contribution in [3.05, 3.63) is 30.2 Å². The number of nitrogens with one attached hydrogen (secondary N) is 1. The van der Waals surface area contributed by atoms with Gasteiger partial charge in [-0.05, 0) is 30.9 Å². The van der Waals surface area contributed by atoms with E-state index in [-0.39, 0.29) is 24.3 Å². The van der Waals surface area contributed by atoms with Crippen molar-refractivity contribution in [3.63, 3.8) is 0 Å². The molecule has 27 heavy (non-hydrogen) atoms. The van der Waals surface area contributed by atoms with Crippen LogP contribution in [-0.2, 0) is 20.9 Å². The molecule has 0 radical (unpaired) electrons. The maximum atomic E-state index is 12.8. The quantitative estimate of drug-likeness (QED) is 0.654. The molecule has 4 rings (SSSR count). The van der Waals surface area contributed by atoms with Crippen molar-refractivity contribution in [1.29, 1.82) is 0 Å². The third kappa shape index (κ3) is 3.05. The summed E-state index contributed by atoms with van der Waals surface area (Å²) in [6.07, 6.45) is 3.40. The second-order valence-electron chi connectivity index (χ2n) is 7.18. The van der Waals surface area contributed by atoms with Crippen LogP contribution < -0.4 is 5.32 Å². The summed E-state index contributed by atoms with van der Waals surface area (Å²) in [5, 5.41) is 2.81. The number of esters is 1. The van der Waals surface area contributed by atoms with Gasteiger partial charge in [0.25, 0.3) is 5.91 Å². The van der Waals surface area contributed by atoms with E-state index in [4.69, 9.17) is 9.15 Å². The summed E-state index contributed by atoms with van der Waals surface area (Å²) >= 11 is 0. The van der Waals surface area contributed by atoms with Gasteiger partial charge in [-0.25, -0.2) is 9.78 Å². The number of benzene rings is 1. The molecule has 2 atom stereocenters. The lowest BCUT2D eigenvalue weighted by atomic mass is 9.73. The Kier molecular flexibility index (Phi) is 4.33. The largest absolute Gasteiger partial charge is 0.454 e. The number of carbonyl (C=O) groups is 3. The highest BCUT2D eigenvalue weighted by atomic mass is 16.5. The number of amides is 3. The topological polar surface area (TPSA) is 102 Å². The molecule has 142 valence electrons. The number of nitrogens with zero attached hydrogens (tertiary/aromatic N) is 2. The number of aromatic nitrogens is 1. The molecule has 1 aliphatic heterocycles. The van der Waals surface area contributed by atoms with E-state index in [1.165, 1.54) is 0 Å². The monoisotopic (exact) mass is 371 g/mol. The van der Waals surface area contributed by atoms with Gasteiger partial charge in [-0.3, -0.25) is 14.5 Å². The first-order chi connectivity index (χ1) is 13.0. The average molecular weight is 371 g/mol. The second kappa shape index (κ2) is 6.68. The Balaban J connectivity index is 1.39. The molecule has 0 bridgehead atoms. The van der Waals surface area contributed by atoms with E-state index in [2.05, 4.69) is 10.3 Å². The average Bonchev–Trinajstić information content (AvgIpc) is 3.17. The van der Waals surface area contributed by atoms with Crippen molar-refractivity contribution in [2.45, 2.75) is 44.8 Å². The van der Waals surface area contributed by atoms with Crippen LogP contribution in [0.15, 0.2) is 28.7 Å². The van der Waals surface area contributed by atoms with Gasteiger partial charge in [0.1, 0.15) is 17.6 Å². The molecular weight excluding hydrogens is 350 g/mol. The minimum atomic E-state index is -0.879. The van der Waals surface area contributed by atoms with Crippen molar-refractivity contribution in [3.8, 4) is 0 Å². The number of oxazole rings is 1. The molecule has 3 amide bonds. The molecule has 0 unspecified atom stereocenters. The number of imide groups is 1. The smallest absolute Gasteiger partial charge is 0.326 e. The van der Waals surface area contributed by atoms with Crippen LogP contribution in [0.3, 0.4) is 0 Å². The van der Waals surface area contributed by atoms with E-state index in [0.29, 0.717) is 17.5 Å². The zero-order valence-corrected chi connectivity index (χ0v) is 15.1. The third-order valence-electron chi connectivity index (χ3n) is 5.48. The Labute approximate surface area is 155 Å². The van der Waals surface area contributed by atoms with Crippen molar-refractivity contribution in [2.24, 2.45) is 5.92 Å². The summed E-state index contributed by atoms with van der Waals surface area (Å²) in [5.41, 5.74) is 0.396. The Morgan fingerprint density at radius 2 is 2.19 bits per heavy atom. The molecule has 8 heteroatoms. The molecule has 1 saturated carbocycles. The van der Waals surface area contributed by atoms with Crippen molar-refractivity contribution in [2.75, 3.05) is 6.54 Å². The maximum absolute atomic E-state index is 12.8. The summed E-state index contributed by atoms with van der Waals surface area (Å²) in [5.74, 6) is -0.706. The normalized spacial score (nSPS) is 25.2. The number of rotatable bonds is 4. The highest BCUT2D eigenvalue weighted by Gasteiger charge is 2.55. The Morgan fingerprint density at radius 1 is 1.37 bits per heavy atom. The molecule has 2 aliphatic rings. The van der Waals surface area contributed by atoms with Crippen LogP contribution in [0, 0.1) is 5.92 Å². The molecule has 8 nitrogen and oxygen atoms in total. The first kappa shape index (κ1) is 17.5. The van der Waals surface area contributed by atoms with Crippen LogP contribution in [-0.4, -0.2) is 39.9 Å². The molecule has 2 fully saturated rings. The lowest BCUT2D eigenvalue weighted by Crippen LogP contribution is -2.54. The van der Waals surface area contributed by atoms with E-state index < -0.39 is 24.1 Å². The van der Waals surface area contributed by atoms with E-state index >= 15 is 0 Å². The molecule has 2 aromatic rings. The molecular formula is C19H21N3O5. The highest BCUT2D eigenvalue weighted by Crippen LogP contribution is 2.38. The Hall–Kier alpha value is -2.90. The molecule has 1 aliphatic carbocycles. The van der Waals surface area contributed by atoms with Crippen LogP contribution >= 0.6 is 0 Å². The van der Waals surface area contributed by atoms with E-state index in [1.807, 2.05) is 19.1 Å². The van der Waals surface area contributed by atoms with Gasteiger partial charge in [0.2, 0.25) is 5.89 Å². The fraction of sp³-hybridized carbons (Fsp3) is 0.474. The molecule has 1 spiro atoms. The fourth-order valence-corrected chi connectivity index (χ4v) is 3.94. The fourth-order valence-electron chi connectivity index (χ4n) is 3.94. The molecule has 1 saturated heterocycles. The predicted molar refractivity (Wildman–Crippen MR) is 94.4 cm³/mol. The molecule has 1 aromatic heterocycles. The molecule has 1 aromatic carbocycles. The minimum absolute atomic E-state index is 0.0449. The lowest BCUT2D eigenvalue weighted by molar-refractivity contribution is -0.150. The van der Waals surface area contributed by atoms with Crippen molar-refractivity contribution >= 4 is 29.0 Å². The van der Waals surface area contributed by atoms with Crippen molar-refractivity contribution < 1.29 is 23.5 Å². The van der Waals surface area contributed by atoms with Gasteiger partial charge in [-0.2, -0.15) is 0 Å². The van der Waals surface area contributed by atoms with Gasteiger partial charge in [0.15, 0.2) is 12.2 Å². The summed E-state index contributed by atoms with van der Waals surface area (Å²) in [7, 11) is 0. The summed E-state index contributed by atoms with van der Waals surface area (Å²) in [4.78, 5) is 42.5. The Bertz CT molecular complexity index is 875. The number of fused-ring (bicyclic) bond motifs is 1. The number of ether oxygens (including phenoxy) is 1. The Morgan fingerprint density at radius 3 is 2.96 bits per heavy atom. The van der Waals surface area contributed by atoms with Crippen LogP contribution in [0.25, 0.3) is 11.1 Å². The summed E-state index contributed by atoms with van der Waals surface area (Å²) < 4.78 is 10.6. The lowest BCUT2D eigenvalue weighted by Gasteiger charge is -2.36. The summed E-state index contributed by atoms with van der Waals surface area (Å²) in [6.45, 7) is 1.39. The van der Waals surface area contributed by atoms with E-state index in [0.717, 1.165) is 24.2 Å². The third-order valence-corrected chi connectivity index (χ3v) is 5.48. The zero-order valence-electron chi connectivity index (χ0n) is 15.1. The second-order valence-corrected chi connectivity index (χ2v) is 7.18. The van der Waals surface area contributed by atoms with Gasteiger partial charge in [0.05, 0.1) is 0 Å². The van der Waals surface area contributed by atoms with Gasteiger partial charge < -0.3 is 14.5 Å². The number of hydrogen-bond acceptors (Lipinski definition) is 6. The highest BCUT2D eigenvalue weighted by molar-refractivity contribution is 6.08. The van der Waals surface area contributed by atoms with E-state index in [1.54, 1.807) is 12.1 Å². The number of urea groups is 1. The standard InChI is InChI=1S/C19H21N3O5/c1-12-6-4-5-9-19(12)17(24)22(18(25)21-19)10-16(23)26-11-15-20-13-7-2-3-8-14(13)27-15/h2-3,7-8,12H,4-6,9-11H2,1H3,(H,21,25)/t12-,19+/m1/s1. The van der Waals surface area contributed by atoms with Gasteiger partial charge in [-0.15, -0.1) is 0 Å². The van der Waals surface area contributed by atoms with Gasteiger partial charge in [-0.1, -0.05) is 31.9 Å².